The molecule has 0 aromatic carbocycles. The summed E-state index contributed by atoms with van der Waals surface area (Å²) in [4.78, 5) is 38.9. The standard InChI is InChI=1S/C8H16O2.2C4H6O3/c9-6-8(7-10)4-2-1-3-5-8;2*1-3(5)2-4(6)7/h9-10H,1-7H2;2*2H2,1H3,(H,6,7). The fourth-order valence-electron chi connectivity index (χ4n) is 2.09. The number of ketones is 2. The fraction of sp³-hybridized carbons (Fsp3) is 0.750. The molecule has 4 N–H and O–H groups in total. The van der Waals surface area contributed by atoms with E-state index in [4.69, 9.17) is 20.4 Å². The molecule has 0 heterocycles. The van der Waals surface area contributed by atoms with Crippen LogP contribution < -0.4 is 0 Å². The zero-order chi connectivity index (χ0) is 19.2. The van der Waals surface area contributed by atoms with Crippen LogP contribution in [0.15, 0.2) is 0 Å². The van der Waals surface area contributed by atoms with Crippen LogP contribution in [0.25, 0.3) is 0 Å². The summed E-state index contributed by atoms with van der Waals surface area (Å²) in [6.07, 6.45) is 4.88. The number of aliphatic hydroxyl groups excluding tert-OH is 2. The molecule has 0 atom stereocenters. The van der Waals surface area contributed by atoms with Crippen molar-refractivity contribution in [1.29, 1.82) is 0 Å². The Morgan fingerprint density at radius 3 is 1.21 bits per heavy atom. The minimum atomic E-state index is -1.06. The lowest BCUT2D eigenvalue weighted by Gasteiger charge is -2.33. The predicted molar refractivity (Wildman–Crippen MR) is 85.6 cm³/mol. The highest BCUT2D eigenvalue weighted by Crippen LogP contribution is 2.34. The van der Waals surface area contributed by atoms with Crippen LogP contribution in [0.1, 0.15) is 58.8 Å². The number of carboxylic acid groups (broad SMARTS) is 2. The molecule has 1 rings (SSSR count). The first kappa shape index (κ1) is 24.5. The Morgan fingerprint density at radius 2 is 1.08 bits per heavy atom. The molecule has 0 aliphatic heterocycles. The molecule has 1 saturated carbocycles. The maximum absolute atomic E-state index is 9.87. The molecule has 0 radical (unpaired) electrons. The first-order valence-corrected chi connectivity index (χ1v) is 7.72. The second kappa shape index (κ2) is 13.6. The van der Waals surface area contributed by atoms with E-state index >= 15 is 0 Å². The highest BCUT2D eigenvalue weighted by Gasteiger charge is 2.30. The molecule has 140 valence electrons. The molecule has 8 heteroatoms. The number of aliphatic carboxylic acids is 2. The Morgan fingerprint density at radius 1 is 0.750 bits per heavy atom. The summed E-state index contributed by atoms with van der Waals surface area (Å²) in [6, 6.07) is 0. The molecule has 0 spiro atoms. The van der Waals surface area contributed by atoms with Crippen LogP contribution in [0.5, 0.6) is 0 Å². The molecule has 0 aromatic rings. The lowest BCUT2D eigenvalue weighted by atomic mass is 9.75. The number of hydrogen-bond donors (Lipinski definition) is 4. The molecular formula is C16H28O8. The van der Waals surface area contributed by atoms with Crippen molar-refractivity contribution >= 4 is 23.5 Å². The number of carbonyl (C=O) groups excluding carboxylic acids is 2. The van der Waals surface area contributed by atoms with Gasteiger partial charge in [-0.05, 0) is 26.7 Å². The maximum Gasteiger partial charge on any atom is 0.310 e. The van der Waals surface area contributed by atoms with E-state index in [1.165, 1.54) is 33.1 Å². The van der Waals surface area contributed by atoms with E-state index in [-0.39, 0.29) is 43.0 Å². The van der Waals surface area contributed by atoms with Crippen LogP contribution in [0, 0.1) is 5.41 Å². The average molecular weight is 348 g/mol. The summed E-state index contributed by atoms with van der Waals surface area (Å²) in [5.74, 6) is -2.75. The van der Waals surface area contributed by atoms with Gasteiger partial charge in [-0.2, -0.15) is 0 Å². The smallest absolute Gasteiger partial charge is 0.310 e. The third-order valence-electron chi connectivity index (χ3n) is 3.39. The number of carbonyl (C=O) groups is 4. The molecule has 0 bridgehead atoms. The number of aliphatic hydroxyl groups is 2. The summed E-state index contributed by atoms with van der Waals surface area (Å²) < 4.78 is 0. The van der Waals surface area contributed by atoms with E-state index in [0.717, 1.165) is 12.8 Å². The van der Waals surface area contributed by atoms with Gasteiger partial charge in [0.2, 0.25) is 0 Å². The largest absolute Gasteiger partial charge is 0.481 e. The van der Waals surface area contributed by atoms with Crippen molar-refractivity contribution in [3.05, 3.63) is 0 Å². The summed E-state index contributed by atoms with van der Waals surface area (Å²) in [5.41, 5.74) is -0.127. The van der Waals surface area contributed by atoms with E-state index < -0.39 is 11.9 Å². The second-order valence-corrected chi connectivity index (χ2v) is 5.92. The Hall–Kier alpha value is -1.80. The Bertz CT molecular complexity index is 354. The molecule has 0 amide bonds. The quantitative estimate of drug-likeness (QED) is 0.520. The van der Waals surface area contributed by atoms with Gasteiger partial charge >= 0.3 is 11.9 Å². The molecule has 1 aliphatic carbocycles. The summed E-state index contributed by atoms with van der Waals surface area (Å²) in [7, 11) is 0. The number of hydrogen-bond acceptors (Lipinski definition) is 6. The SMILES string of the molecule is CC(=O)CC(=O)O.CC(=O)CC(=O)O.OCC1(CO)CCCCC1. The van der Waals surface area contributed by atoms with Crippen LogP contribution in [-0.2, 0) is 19.2 Å². The van der Waals surface area contributed by atoms with Crippen LogP contribution in [-0.4, -0.2) is 57.1 Å². The van der Waals surface area contributed by atoms with Gasteiger partial charge in [0.05, 0.1) is 13.2 Å². The van der Waals surface area contributed by atoms with Crippen LogP contribution in [0.4, 0.5) is 0 Å². The monoisotopic (exact) mass is 348 g/mol. The van der Waals surface area contributed by atoms with Gasteiger partial charge in [-0.25, -0.2) is 0 Å². The molecule has 0 unspecified atom stereocenters. The molecule has 1 aliphatic rings. The zero-order valence-electron chi connectivity index (χ0n) is 14.3. The first-order chi connectivity index (χ1) is 11.1. The lowest BCUT2D eigenvalue weighted by molar-refractivity contribution is -0.141. The minimum absolute atomic E-state index is 0.127. The zero-order valence-corrected chi connectivity index (χ0v) is 14.3. The van der Waals surface area contributed by atoms with Gasteiger partial charge < -0.3 is 20.4 Å². The molecule has 0 saturated heterocycles. The third-order valence-corrected chi connectivity index (χ3v) is 3.39. The van der Waals surface area contributed by atoms with E-state index in [1.807, 2.05) is 0 Å². The molecule has 8 nitrogen and oxygen atoms in total. The summed E-state index contributed by atoms with van der Waals surface area (Å²) in [5, 5.41) is 33.7. The van der Waals surface area contributed by atoms with Gasteiger partial charge in [-0.15, -0.1) is 0 Å². The van der Waals surface area contributed by atoms with Crippen LogP contribution >= 0.6 is 0 Å². The van der Waals surface area contributed by atoms with Crippen molar-refractivity contribution in [1.82, 2.24) is 0 Å². The minimum Gasteiger partial charge on any atom is -0.481 e. The highest BCUT2D eigenvalue weighted by molar-refractivity contribution is 5.93. The normalized spacial score (nSPS) is 15.0. The average Bonchev–Trinajstić information content (AvgIpc) is 2.46. The Balaban J connectivity index is 0. The molecule has 1 fully saturated rings. The number of carboxylic acids is 2. The number of rotatable bonds is 6. The Labute approximate surface area is 141 Å². The molecule has 0 aromatic heterocycles. The maximum atomic E-state index is 9.87. The van der Waals surface area contributed by atoms with Crippen molar-refractivity contribution < 1.29 is 39.6 Å². The van der Waals surface area contributed by atoms with Gasteiger partial charge in [-0.3, -0.25) is 19.2 Å². The fourth-order valence-corrected chi connectivity index (χ4v) is 2.09. The van der Waals surface area contributed by atoms with Crippen molar-refractivity contribution in [3.63, 3.8) is 0 Å². The highest BCUT2D eigenvalue weighted by atomic mass is 16.4. The molecular weight excluding hydrogens is 320 g/mol. The van der Waals surface area contributed by atoms with Gasteiger partial charge in [0.15, 0.2) is 0 Å². The summed E-state index contributed by atoms with van der Waals surface area (Å²) >= 11 is 0. The van der Waals surface area contributed by atoms with Gasteiger partial charge in [0, 0.05) is 5.41 Å². The topological polar surface area (TPSA) is 149 Å². The number of Topliss-reactive ketones (excluding diaryl/α,β-unsaturated/α-hetero) is 2. The summed E-state index contributed by atoms with van der Waals surface area (Å²) in [6.45, 7) is 2.80. The van der Waals surface area contributed by atoms with Crippen molar-refractivity contribution in [2.45, 2.75) is 58.8 Å². The lowest BCUT2D eigenvalue weighted by Crippen LogP contribution is -2.31. The second-order valence-electron chi connectivity index (χ2n) is 5.92. The predicted octanol–water partition coefficient (Wildman–Crippen LogP) is 1.02. The van der Waals surface area contributed by atoms with Crippen molar-refractivity contribution in [2.24, 2.45) is 5.41 Å². The van der Waals surface area contributed by atoms with Crippen molar-refractivity contribution in [3.8, 4) is 0 Å². The van der Waals surface area contributed by atoms with Crippen molar-refractivity contribution in [2.75, 3.05) is 13.2 Å². The Kier molecular flexibility index (Phi) is 13.9. The third kappa shape index (κ3) is 15.1. The van der Waals surface area contributed by atoms with Gasteiger partial charge in [0.25, 0.3) is 0 Å². The first-order valence-electron chi connectivity index (χ1n) is 7.72. The van der Waals surface area contributed by atoms with E-state index in [9.17, 15) is 19.2 Å². The van der Waals surface area contributed by atoms with E-state index in [1.54, 1.807) is 0 Å². The van der Waals surface area contributed by atoms with E-state index in [0.29, 0.717) is 0 Å². The van der Waals surface area contributed by atoms with E-state index in [2.05, 4.69) is 0 Å². The van der Waals surface area contributed by atoms with Crippen LogP contribution in [0.3, 0.4) is 0 Å². The van der Waals surface area contributed by atoms with Gasteiger partial charge in [0.1, 0.15) is 24.4 Å². The van der Waals surface area contributed by atoms with Crippen LogP contribution in [0.2, 0.25) is 0 Å². The molecule has 24 heavy (non-hydrogen) atoms. The van der Waals surface area contributed by atoms with Gasteiger partial charge in [-0.1, -0.05) is 19.3 Å².